The summed E-state index contributed by atoms with van der Waals surface area (Å²) < 4.78 is 0. The zero-order valence-electron chi connectivity index (χ0n) is 30.2. The van der Waals surface area contributed by atoms with Gasteiger partial charge in [-0.05, 0) is 102 Å². The molecule has 0 N–H and O–H groups in total. The molecule has 1 aliphatic carbocycles. The molecule has 10 aromatic carbocycles. The van der Waals surface area contributed by atoms with Crippen LogP contribution in [-0.4, -0.2) is 0 Å². The normalized spacial score (nSPS) is 11.6. The van der Waals surface area contributed by atoms with Gasteiger partial charge in [0, 0.05) is 27.9 Å². The summed E-state index contributed by atoms with van der Waals surface area (Å²) in [7, 11) is 0. The molecule has 55 heavy (non-hydrogen) atoms. The molecule has 0 saturated carbocycles. The van der Waals surface area contributed by atoms with E-state index in [2.05, 4.69) is 217 Å². The summed E-state index contributed by atoms with van der Waals surface area (Å²) in [5, 5.41) is 7.58. The third-order valence-corrected chi connectivity index (χ3v) is 11.4. The fourth-order valence-electron chi connectivity index (χ4n) is 8.78. The maximum absolute atomic E-state index is 2.48. The molecule has 0 spiro atoms. The van der Waals surface area contributed by atoms with E-state index in [-0.39, 0.29) is 0 Å². The highest BCUT2D eigenvalue weighted by atomic mass is 15.1. The minimum atomic E-state index is 1.12. The largest absolute Gasteiger partial charge is 0.309 e. The lowest BCUT2D eigenvalue weighted by atomic mass is 9.73. The lowest BCUT2D eigenvalue weighted by Crippen LogP contribution is -2.15. The Bertz CT molecular complexity index is 3050. The predicted octanol–water partition coefficient (Wildman–Crippen LogP) is 15.3. The van der Waals surface area contributed by atoms with Gasteiger partial charge in [-0.25, -0.2) is 0 Å². The van der Waals surface area contributed by atoms with Gasteiger partial charge >= 0.3 is 0 Å². The first-order chi connectivity index (χ1) is 27.3. The van der Waals surface area contributed by atoms with Crippen molar-refractivity contribution >= 4 is 49.4 Å². The number of hydrogen-bond acceptors (Lipinski definition) is 1. The van der Waals surface area contributed by atoms with Crippen molar-refractivity contribution in [3.8, 4) is 55.6 Å². The van der Waals surface area contributed by atoms with Gasteiger partial charge < -0.3 is 4.90 Å². The highest BCUT2D eigenvalue weighted by Gasteiger charge is 2.34. The molecule has 0 saturated heterocycles. The van der Waals surface area contributed by atoms with Crippen LogP contribution in [0.2, 0.25) is 0 Å². The zero-order valence-corrected chi connectivity index (χ0v) is 30.2. The van der Waals surface area contributed by atoms with Crippen molar-refractivity contribution in [1.82, 2.24) is 0 Å². The summed E-state index contributed by atoms with van der Waals surface area (Å²) in [6.45, 7) is 0. The van der Waals surface area contributed by atoms with Crippen molar-refractivity contribution < 1.29 is 0 Å². The number of hydrogen-bond donors (Lipinski definition) is 0. The van der Waals surface area contributed by atoms with Gasteiger partial charge in [-0.3, -0.25) is 0 Å². The maximum atomic E-state index is 2.48. The third kappa shape index (κ3) is 5.09. The topological polar surface area (TPSA) is 3.24 Å². The van der Waals surface area contributed by atoms with Gasteiger partial charge in [-0.1, -0.05) is 182 Å². The SMILES string of the molecule is c1ccc(-c2ccc(N(c3ccc(-c4ccc5c(ccc6ccccc65)c4)cc3)c3c4c(c(-c5ccccc5)c5ccccc35)-c3ccccc3-4)cc2)cc1. The van der Waals surface area contributed by atoms with E-state index < -0.39 is 0 Å². The van der Waals surface area contributed by atoms with Crippen LogP contribution in [-0.2, 0) is 0 Å². The molecular formula is C54H35N. The molecule has 256 valence electrons. The second-order valence-electron chi connectivity index (χ2n) is 14.4. The molecule has 0 bridgehead atoms. The van der Waals surface area contributed by atoms with Crippen LogP contribution >= 0.6 is 0 Å². The smallest absolute Gasteiger partial charge is 0.0625 e. The van der Waals surface area contributed by atoms with E-state index in [4.69, 9.17) is 0 Å². The first-order valence-corrected chi connectivity index (χ1v) is 19.0. The van der Waals surface area contributed by atoms with Crippen LogP contribution in [0, 0.1) is 0 Å². The van der Waals surface area contributed by atoms with Gasteiger partial charge in [0.1, 0.15) is 0 Å². The van der Waals surface area contributed by atoms with E-state index in [0.717, 1.165) is 11.4 Å². The molecule has 0 aliphatic heterocycles. The molecule has 0 atom stereocenters. The molecular weight excluding hydrogens is 663 g/mol. The highest BCUT2D eigenvalue weighted by Crippen LogP contribution is 2.61. The van der Waals surface area contributed by atoms with E-state index >= 15 is 0 Å². The molecule has 0 heterocycles. The number of rotatable bonds is 6. The van der Waals surface area contributed by atoms with E-state index in [0.29, 0.717) is 0 Å². The average molecular weight is 698 g/mol. The molecule has 11 rings (SSSR count). The minimum absolute atomic E-state index is 1.12. The maximum Gasteiger partial charge on any atom is 0.0625 e. The Hall–Kier alpha value is -7.22. The van der Waals surface area contributed by atoms with Gasteiger partial charge in [0.05, 0.1) is 5.69 Å². The number of anilines is 3. The Balaban J connectivity index is 1.11. The monoisotopic (exact) mass is 697 g/mol. The van der Waals surface area contributed by atoms with Crippen LogP contribution < -0.4 is 4.90 Å². The lowest BCUT2D eigenvalue weighted by Gasteiger charge is -2.37. The summed E-state index contributed by atoms with van der Waals surface area (Å²) in [5.74, 6) is 0. The van der Waals surface area contributed by atoms with Crippen molar-refractivity contribution in [1.29, 1.82) is 0 Å². The van der Waals surface area contributed by atoms with Gasteiger partial charge in [-0.2, -0.15) is 0 Å². The van der Waals surface area contributed by atoms with Crippen molar-refractivity contribution in [2.75, 3.05) is 4.90 Å². The second kappa shape index (κ2) is 12.7. The summed E-state index contributed by atoms with van der Waals surface area (Å²) in [4.78, 5) is 2.48. The van der Waals surface area contributed by atoms with Crippen molar-refractivity contribution in [2.45, 2.75) is 0 Å². The molecule has 0 unspecified atom stereocenters. The van der Waals surface area contributed by atoms with Crippen molar-refractivity contribution in [3.63, 3.8) is 0 Å². The first-order valence-electron chi connectivity index (χ1n) is 19.0. The molecule has 0 radical (unpaired) electrons. The number of fused-ring (bicyclic) bond motifs is 8. The van der Waals surface area contributed by atoms with Crippen LogP contribution in [0.5, 0.6) is 0 Å². The minimum Gasteiger partial charge on any atom is -0.309 e. The van der Waals surface area contributed by atoms with Crippen LogP contribution in [0.3, 0.4) is 0 Å². The summed E-state index contributed by atoms with van der Waals surface area (Å²) in [6, 6.07) is 77.6. The van der Waals surface area contributed by atoms with E-state index in [1.165, 1.54) is 93.6 Å². The molecule has 1 aliphatic rings. The number of benzene rings is 10. The van der Waals surface area contributed by atoms with Crippen molar-refractivity contribution in [3.05, 3.63) is 212 Å². The first kappa shape index (κ1) is 31.3. The molecule has 0 fully saturated rings. The van der Waals surface area contributed by atoms with Crippen LogP contribution in [0.15, 0.2) is 212 Å². The summed E-state index contributed by atoms with van der Waals surface area (Å²) >= 11 is 0. The predicted molar refractivity (Wildman–Crippen MR) is 234 cm³/mol. The molecule has 1 nitrogen and oxygen atoms in total. The molecule has 10 aromatic rings. The van der Waals surface area contributed by atoms with Crippen LogP contribution in [0.4, 0.5) is 17.1 Å². The van der Waals surface area contributed by atoms with Gasteiger partial charge in [0.2, 0.25) is 0 Å². The quantitative estimate of drug-likeness (QED) is 0.156. The summed E-state index contributed by atoms with van der Waals surface area (Å²) in [5.41, 5.74) is 16.0. The van der Waals surface area contributed by atoms with Gasteiger partial charge in [0.15, 0.2) is 0 Å². The standard InChI is InChI=1S/C54H35N/c1-3-13-36(14-4-1)37-25-30-43(31-26-37)55(44-32-27-38(28-33-44)41-29-34-46-42(35-41)24-23-39-15-7-8-18-45(39)46)54-50-22-12-11-21-49(50)51(40-16-5-2-6-17-40)52-47-19-9-10-20-48(47)53(52)54/h1-35H. The Kier molecular flexibility index (Phi) is 7.25. The van der Waals surface area contributed by atoms with Gasteiger partial charge in [-0.15, -0.1) is 0 Å². The van der Waals surface area contributed by atoms with Gasteiger partial charge in [0.25, 0.3) is 0 Å². The Morgan fingerprint density at radius 3 is 1.42 bits per heavy atom. The Morgan fingerprint density at radius 2 is 0.727 bits per heavy atom. The highest BCUT2D eigenvalue weighted by molar-refractivity contribution is 6.25. The van der Waals surface area contributed by atoms with Crippen LogP contribution in [0.1, 0.15) is 0 Å². The Morgan fingerprint density at radius 1 is 0.255 bits per heavy atom. The zero-order chi connectivity index (χ0) is 36.3. The van der Waals surface area contributed by atoms with E-state index in [9.17, 15) is 0 Å². The summed E-state index contributed by atoms with van der Waals surface area (Å²) in [6.07, 6.45) is 0. The van der Waals surface area contributed by atoms with E-state index in [1.54, 1.807) is 0 Å². The van der Waals surface area contributed by atoms with Crippen molar-refractivity contribution in [2.24, 2.45) is 0 Å². The lowest BCUT2D eigenvalue weighted by molar-refractivity contribution is 1.29. The molecule has 0 aromatic heterocycles. The average Bonchev–Trinajstić information content (AvgIpc) is 3.26. The van der Waals surface area contributed by atoms with Crippen LogP contribution in [0.25, 0.3) is 88.0 Å². The second-order valence-corrected chi connectivity index (χ2v) is 14.4. The Labute approximate surface area is 321 Å². The molecule has 0 amide bonds. The fraction of sp³-hybridized carbons (Fsp3) is 0. The van der Waals surface area contributed by atoms with E-state index in [1.807, 2.05) is 0 Å². The third-order valence-electron chi connectivity index (χ3n) is 11.4. The fourth-order valence-corrected chi connectivity index (χ4v) is 8.78. The number of nitrogens with zero attached hydrogens (tertiary/aromatic N) is 1. The molecule has 1 heteroatoms.